The molecule has 0 aliphatic rings. The number of aryl methyl sites for hydroxylation is 1. The van der Waals surface area contributed by atoms with Crippen LogP contribution in [0, 0.1) is 16.7 Å². The van der Waals surface area contributed by atoms with E-state index in [0.29, 0.717) is 0 Å². The quantitative estimate of drug-likeness (QED) is 0.804. The lowest BCUT2D eigenvalue weighted by atomic mass is 9.90. The van der Waals surface area contributed by atoms with E-state index in [0.717, 1.165) is 23.4 Å². The van der Waals surface area contributed by atoms with Crippen LogP contribution in [0.1, 0.15) is 25.3 Å². The summed E-state index contributed by atoms with van der Waals surface area (Å²) in [6.45, 7) is 3.95. The van der Waals surface area contributed by atoms with Gasteiger partial charge in [-0.3, -0.25) is 0 Å². The fourth-order valence-electron chi connectivity index (χ4n) is 1.50. The lowest BCUT2D eigenvalue weighted by Gasteiger charge is -2.12. The molecule has 2 rings (SSSR count). The lowest BCUT2D eigenvalue weighted by Crippen LogP contribution is -2.08. The molecule has 0 radical (unpaired) electrons. The molecule has 0 spiro atoms. The number of para-hydroxylation sites is 1. The Morgan fingerprint density at radius 3 is 2.81 bits per heavy atom. The topological polar surface area (TPSA) is 36.7 Å². The van der Waals surface area contributed by atoms with Crippen LogP contribution in [-0.2, 0) is 6.42 Å². The number of nitriles is 1. The Labute approximate surface area is 99.6 Å². The summed E-state index contributed by atoms with van der Waals surface area (Å²) in [6.07, 6.45) is 1.75. The van der Waals surface area contributed by atoms with Gasteiger partial charge in [-0.1, -0.05) is 12.1 Å². The van der Waals surface area contributed by atoms with Crippen molar-refractivity contribution in [3.8, 4) is 6.07 Å². The third kappa shape index (κ3) is 2.40. The highest BCUT2D eigenvalue weighted by molar-refractivity contribution is 7.18. The average Bonchev–Trinajstić information content (AvgIpc) is 2.69. The van der Waals surface area contributed by atoms with Crippen LogP contribution in [0.4, 0.5) is 0 Å². The van der Waals surface area contributed by atoms with Gasteiger partial charge in [0, 0.05) is 6.42 Å². The summed E-state index contributed by atoms with van der Waals surface area (Å²) in [5, 5.41) is 10.1. The summed E-state index contributed by atoms with van der Waals surface area (Å²) in [4.78, 5) is 4.56. The fourth-order valence-corrected chi connectivity index (χ4v) is 2.47. The first-order valence-electron chi connectivity index (χ1n) is 5.36. The van der Waals surface area contributed by atoms with Crippen molar-refractivity contribution in [1.82, 2.24) is 4.98 Å². The second kappa shape index (κ2) is 4.23. The molecule has 0 atom stereocenters. The van der Waals surface area contributed by atoms with Crippen LogP contribution in [0.25, 0.3) is 10.2 Å². The van der Waals surface area contributed by atoms with Crippen molar-refractivity contribution in [2.45, 2.75) is 26.7 Å². The predicted octanol–water partition coefficient (Wildman–Crippen LogP) is 3.78. The molecule has 0 fully saturated rings. The Hall–Kier alpha value is -1.40. The van der Waals surface area contributed by atoms with Gasteiger partial charge in [-0.2, -0.15) is 5.26 Å². The number of hydrogen-bond acceptors (Lipinski definition) is 3. The molecule has 0 aliphatic carbocycles. The maximum absolute atomic E-state index is 8.94. The Morgan fingerprint density at radius 1 is 1.38 bits per heavy atom. The lowest BCUT2D eigenvalue weighted by molar-refractivity contribution is 0.452. The maximum Gasteiger partial charge on any atom is 0.0939 e. The van der Waals surface area contributed by atoms with Gasteiger partial charge in [-0.05, 0) is 32.4 Å². The number of benzene rings is 1. The van der Waals surface area contributed by atoms with Crippen LogP contribution in [0.5, 0.6) is 0 Å². The third-order valence-electron chi connectivity index (χ3n) is 2.60. The number of rotatable bonds is 3. The minimum atomic E-state index is -0.252. The van der Waals surface area contributed by atoms with Crippen molar-refractivity contribution in [3.63, 3.8) is 0 Å². The Bertz CT molecular complexity index is 501. The van der Waals surface area contributed by atoms with E-state index in [9.17, 15) is 0 Å². The molecule has 82 valence electrons. The summed E-state index contributed by atoms with van der Waals surface area (Å²) >= 11 is 1.73. The van der Waals surface area contributed by atoms with Crippen LogP contribution in [-0.4, -0.2) is 4.98 Å². The van der Waals surface area contributed by atoms with Gasteiger partial charge in [-0.25, -0.2) is 4.98 Å². The van der Waals surface area contributed by atoms with Gasteiger partial charge >= 0.3 is 0 Å². The van der Waals surface area contributed by atoms with Crippen LogP contribution >= 0.6 is 11.3 Å². The molecule has 0 saturated heterocycles. The van der Waals surface area contributed by atoms with Gasteiger partial charge in [-0.15, -0.1) is 11.3 Å². The normalized spacial score (nSPS) is 11.6. The number of hydrogen-bond donors (Lipinski definition) is 0. The van der Waals surface area contributed by atoms with E-state index in [4.69, 9.17) is 5.26 Å². The molecule has 1 aromatic heterocycles. The summed E-state index contributed by atoms with van der Waals surface area (Å²) in [5.41, 5.74) is 0.815. The SMILES string of the molecule is CC(C)(C#N)CCc1nc2ccccc2s1. The number of thiazole rings is 1. The first-order chi connectivity index (χ1) is 7.61. The summed E-state index contributed by atoms with van der Waals surface area (Å²) in [6, 6.07) is 10.5. The Balaban J connectivity index is 2.14. The van der Waals surface area contributed by atoms with E-state index in [2.05, 4.69) is 17.1 Å². The second-order valence-electron chi connectivity index (χ2n) is 4.57. The molecular formula is C13H14N2S. The smallest absolute Gasteiger partial charge is 0.0939 e. The molecule has 2 aromatic rings. The molecule has 0 saturated carbocycles. The van der Waals surface area contributed by atoms with E-state index in [1.807, 2.05) is 32.0 Å². The summed E-state index contributed by atoms with van der Waals surface area (Å²) in [5.74, 6) is 0. The van der Waals surface area contributed by atoms with Crippen molar-refractivity contribution >= 4 is 21.6 Å². The van der Waals surface area contributed by atoms with Crippen LogP contribution in [0.3, 0.4) is 0 Å². The van der Waals surface area contributed by atoms with Gasteiger partial charge in [0.15, 0.2) is 0 Å². The van der Waals surface area contributed by atoms with E-state index in [-0.39, 0.29) is 5.41 Å². The molecule has 0 amide bonds. The Kier molecular flexibility index (Phi) is 2.93. The monoisotopic (exact) mass is 230 g/mol. The molecule has 3 heteroatoms. The molecule has 0 unspecified atom stereocenters. The highest BCUT2D eigenvalue weighted by Gasteiger charge is 2.17. The van der Waals surface area contributed by atoms with Crippen molar-refractivity contribution in [1.29, 1.82) is 5.26 Å². The van der Waals surface area contributed by atoms with E-state index in [1.165, 1.54) is 4.70 Å². The molecule has 2 nitrogen and oxygen atoms in total. The predicted molar refractivity (Wildman–Crippen MR) is 67.3 cm³/mol. The van der Waals surface area contributed by atoms with Crippen molar-refractivity contribution in [2.24, 2.45) is 5.41 Å². The highest BCUT2D eigenvalue weighted by atomic mass is 32.1. The molecule has 0 N–H and O–H groups in total. The molecule has 0 bridgehead atoms. The van der Waals surface area contributed by atoms with E-state index in [1.54, 1.807) is 11.3 Å². The largest absolute Gasteiger partial charge is 0.241 e. The van der Waals surface area contributed by atoms with Crippen LogP contribution in [0.2, 0.25) is 0 Å². The molecule has 1 aromatic carbocycles. The van der Waals surface area contributed by atoms with E-state index < -0.39 is 0 Å². The zero-order chi connectivity index (χ0) is 11.6. The summed E-state index contributed by atoms with van der Waals surface area (Å²) in [7, 11) is 0. The van der Waals surface area contributed by atoms with Gasteiger partial charge in [0.2, 0.25) is 0 Å². The zero-order valence-electron chi connectivity index (χ0n) is 9.53. The number of fused-ring (bicyclic) bond motifs is 1. The highest BCUT2D eigenvalue weighted by Crippen LogP contribution is 2.26. The van der Waals surface area contributed by atoms with Gasteiger partial charge < -0.3 is 0 Å². The number of aromatic nitrogens is 1. The van der Waals surface area contributed by atoms with Crippen molar-refractivity contribution in [3.05, 3.63) is 29.3 Å². The van der Waals surface area contributed by atoms with Crippen LogP contribution < -0.4 is 0 Å². The van der Waals surface area contributed by atoms with Gasteiger partial charge in [0.1, 0.15) is 0 Å². The minimum Gasteiger partial charge on any atom is -0.241 e. The fraction of sp³-hybridized carbons (Fsp3) is 0.385. The van der Waals surface area contributed by atoms with Gasteiger partial charge in [0.05, 0.1) is 26.7 Å². The molecule has 0 aliphatic heterocycles. The molecular weight excluding hydrogens is 216 g/mol. The first-order valence-corrected chi connectivity index (χ1v) is 6.18. The second-order valence-corrected chi connectivity index (χ2v) is 5.69. The summed E-state index contributed by atoms with van der Waals surface area (Å²) < 4.78 is 1.23. The third-order valence-corrected chi connectivity index (χ3v) is 3.70. The van der Waals surface area contributed by atoms with Crippen molar-refractivity contribution < 1.29 is 0 Å². The average molecular weight is 230 g/mol. The van der Waals surface area contributed by atoms with Crippen molar-refractivity contribution in [2.75, 3.05) is 0 Å². The Morgan fingerprint density at radius 2 is 2.12 bits per heavy atom. The zero-order valence-corrected chi connectivity index (χ0v) is 10.3. The number of nitrogens with zero attached hydrogens (tertiary/aromatic N) is 2. The maximum atomic E-state index is 8.94. The van der Waals surface area contributed by atoms with Crippen LogP contribution in [0.15, 0.2) is 24.3 Å². The standard InChI is InChI=1S/C13H14N2S/c1-13(2,9-14)8-7-12-15-10-5-3-4-6-11(10)16-12/h3-6H,7-8H2,1-2H3. The molecule has 1 heterocycles. The molecule has 16 heavy (non-hydrogen) atoms. The first kappa shape index (κ1) is 11.1. The minimum absolute atomic E-state index is 0.252. The van der Waals surface area contributed by atoms with Gasteiger partial charge in [0.25, 0.3) is 0 Å². The van der Waals surface area contributed by atoms with E-state index >= 15 is 0 Å².